The first-order chi connectivity index (χ1) is 8.38. The molecule has 0 amide bonds. The van der Waals surface area contributed by atoms with Crippen LogP contribution in [0.1, 0.15) is 10.4 Å². The van der Waals surface area contributed by atoms with Crippen molar-refractivity contribution in [1.29, 1.82) is 0 Å². The smallest absolute Gasteiger partial charge is 0.242 e. The summed E-state index contributed by atoms with van der Waals surface area (Å²) in [5.41, 5.74) is 0.808. The Hall–Kier alpha value is -0.470. The molecule has 0 atom stereocenters. The summed E-state index contributed by atoms with van der Waals surface area (Å²) in [6, 6.07) is 0. The zero-order valence-corrected chi connectivity index (χ0v) is 12.9. The Balaban J connectivity index is 2.87. The lowest BCUT2D eigenvalue weighted by atomic mass is 10.3. The lowest BCUT2D eigenvalue weighted by molar-refractivity contribution is 0.412. The van der Waals surface area contributed by atoms with Gasteiger partial charge in [0.15, 0.2) is 0 Å². The van der Waals surface area contributed by atoms with E-state index < -0.39 is 10.0 Å². The van der Waals surface area contributed by atoms with Gasteiger partial charge in [0.2, 0.25) is 10.0 Å². The number of sulfonamides is 1. The summed E-state index contributed by atoms with van der Waals surface area (Å²) < 4.78 is 27.1. The van der Waals surface area contributed by atoms with Gasteiger partial charge in [0.05, 0.1) is 0 Å². The fraction of sp³-hybridized carbons (Fsp3) is 0.636. The first-order valence-corrected chi connectivity index (χ1v) is 8.10. The molecule has 1 aromatic rings. The van der Waals surface area contributed by atoms with Crippen LogP contribution in [0.15, 0.2) is 10.3 Å². The minimum absolute atomic E-state index is 0.420. The molecule has 1 heterocycles. The van der Waals surface area contributed by atoms with Crippen LogP contribution in [0.3, 0.4) is 0 Å². The van der Waals surface area contributed by atoms with Gasteiger partial charge in [0.25, 0.3) is 0 Å². The topological polar surface area (TPSA) is 61.4 Å². The number of aryl methyl sites for hydroxylation is 1. The second kappa shape index (κ2) is 6.63. The van der Waals surface area contributed by atoms with Gasteiger partial charge in [-0.1, -0.05) is 0 Å². The minimum atomic E-state index is -3.40. The summed E-state index contributed by atoms with van der Waals surface area (Å²) in [7, 11) is 2.23. The molecular formula is C11H21N3O2S2. The summed E-state index contributed by atoms with van der Waals surface area (Å²) in [5, 5.41) is 4.88. The van der Waals surface area contributed by atoms with Crippen LogP contribution in [0.5, 0.6) is 0 Å². The van der Waals surface area contributed by atoms with E-state index in [0.717, 1.165) is 10.4 Å². The molecule has 0 aromatic carbocycles. The number of hydrogen-bond donors (Lipinski definition) is 2. The summed E-state index contributed by atoms with van der Waals surface area (Å²) in [6.45, 7) is 3.51. The van der Waals surface area contributed by atoms with Crippen LogP contribution in [-0.2, 0) is 16.6 Å². The lowest BCUT2D eigenvalue weighted by Crippen LogP contribution is -2.32. The minimum Gasteiger partial charge on any atom is -0.315 e. The van der Waals surface area contributed by atoms with Crippen LogP contribution in [0.2, 0.25) is 0 Å². The molecule has 104 valence electrons. The normalized spacial score (nSPS) is 12.3. The third-order valence-corrected chi connectivity index (χ3v) is 5.37. The monoisotopic (exact) mass is 291 g/mol. The Morgan fingerprint density at radius 2 is 2.06 bits per heavy atom. The molecule has 0 aliphatic heterocycles. The SMILES string of the molecule is CNCc1scc(C)c1S(=O)(=O)NCCN(C)C. The van der Waals surface area contributed by atoms with Crippen LogP contribution in [0.4, 0.5) is 0 Å². The molecule has 0 bridgehead atoms. The van der Waals surface area contributed by atoms with Crippen LogP contribution in [0, 0.1) is 6.92 Å². The van der Waals surface area contributed by atoms with Crippen LogP contribution >= 0.6 is 11.3 Å². The Morgan fingerprint density at radius 1 is 1.39 bits per heavy atom. The van der Waals surface area contributed by atoms with Crippen LogP contribution in [-0.4, -0.2) is 47.6 Å². The highest BCUT2D eigenvalue weighted by molar-refractivity contribution is 7.89. The first kappa shape index (κ1) is 15.6. The second-order valence-corrected chi connectivity index (χ2v) is 7.07. The van der Waals surface area contributed by atoms with Gasteiger partial charge >= 0.3 is 0 Å². The predicted molar refractivity (Wildman–Crippen MR) is 75.6 cm³/mol. The summed E-state index contributed by atoms with van der Waals surface area (Å²) >= 11 is 1.48. The molecule has 0 fully saturated rings. The third-order valence-electron chi connectivity index (χ3n) is 2.45. The molecule has 2 N–H and O–H groups in total. The lowest BCUT2D eigenvalue weighted by Gasteiger charge is -2.12. The molecular weight excluding hydrogens is 270 g/mol. The van der Waals surface area contributed by atoms with Crippen molar-refractivity contribution in [3.63, 3.8) is 0 Å². The van der Waals surface area contributed by atoms with E-state index in [-0.39, 0.29) is 0 Å². The summed E-state index contributed by atoms with van der Waals surface area (Å²) in [5.74, 6) is 0. The highest BCUT2D eigenvalue weighted by Gasteiger charge is 2.22. The average Bonchev–Trinajstić information content (AvgIpc) is 2.60. The van der Waals surface area contributed by atoms with E-state index in [4.69, 9.17) is 0 Å². The Labute approximate surface area is 113 Å². The fourth-order valence-electron chi connectivity index (χ4n) is 1.61. The zero-order valence-electron chi connectivity index (χ0n) is 11.3. The number of nitrogens with one attached hydrogen (secondary N) is 2. The molecule has 1 aromatic heterocycles. The largest absolute Gasteiger partial charge is 0.315 e. The van der Waals surface area contributed by atoms with E-state index >= 15 is 0 Å². The number of nitrogens with zero attached hydrogens (tertiary/aromatic N) is 1. The van der Waals surface area contributed by atoms with Crippen molar-refractivity contribution in [2.24, 2.45) is 0 Å². The summed E-state index contributed by atoms with van der Waals surface area (Å²) in [6.07, 6.45) is 0. The maximum absolute atomic E-state index is 12.2. The van der Waals surface area contributed by atoms with Crippen molar-refractivity contribution in [3.05, 3.63) is 15.8 Å². The van der Waals surface area contributed by atoms with E-state index in [1.807, 2.05) is 38.3 Å². The average molecular weight is 291 g/mol. The number of hydrogen-bond acceptors (Lipinski definition) is 5. The first-order valence-electron chi connectivity index (χ1n) is 5.74. The molecule has 0 spiro atoms. The van der Waals surface area contributed by atoms with Gasteiger partial charge in [-0.15, -0.1) is 11.3 Å². The zero-order chi connectivity index (χ0) is 13.8. The van der Waals surface area contributed by atoms with Gasteiger partial charge in [0.1, 0.15) is 4.90 Å². The molecule has 0 saturated carbocycles. The third kappa shape index (κ3) is 4.03. The highest BCUT2D eigenvalue weighted by Crippen LogP contribution is 2.26. The van der Waals surface area contributed by atoms with E-state index in [2.05, 4.69) is 10.0 Å². The maximum atomic E-state index is 12.2. The number of thiophene rings is 1. The van der Waals surface area contributed by atoms with Crippen molar-refractivity contribution < 1.29 is 8.42 Å². The molecule has 0 aliphatic carbocycles. The Bertz CT molecular complexity index is 480. The van der Waals surface area contributed by atoms with Crippen molar-refractivity contribution in [1.82, 2.24) is 14.9 Å². The van der Waals surface area contributed by atoms with Crippen molar-refractivity contribution >= 4 is 21.4 Å². The van der Waals surface area contributed by atoms with Crippen LogP contribution < -0.4 is 10.0 Å². The summed E-state index contributed by atoms with van der Waals surface area (Å²) in [4.78, 5) is 3.23. The molecule has 1 rings (SSSR count). The van der Waals surface area contributed by atoms with Crippen molar-refractivity contribution in [2.75, 3.05) is 34.2 Å². The van der Waals surface area contributed by atoms with Gasteiger partial charge in [-0.2, -0.15) is 0 Å². The van der Waals surface area contributed by atoms with Gasteiger partial charge in [-0.05, 0) is 39.0 Å². The molecule has 0 unspecified atom stereocenters. The number of rotatable bonds is 7. The van der Waals surface area contributed by atoms with Crippen molar-refractivity contribution in [2.45, 2.75) is 18.4 Å². The molecule has 0 aliphatic rings. The predicted octanol–water partition coefficient (Wildman–Crippen LogP) is 0.616. The fourth-order valence-corrected chi connectivity index (χ4v) is 4.45. The Kier molecular flexibility index (Phi) is 5.74. The van der Waals surface area contributed by atoms with E-state index in [1.54, 1.807) is 0 Å². The van der Waals surface area contributed by atoms with E-state index in [9.17, 15) is 8.42 Å². The van der Waals surface area contributed by atoms with Gasteiger partial charge in [0, 0.05) is 24.5 Å². The van der Waals surface area contributed by atoms with E-state index in [1.165, 1.54) is 11.3 Å². The van der Waals surface area contributed by atoms with Crippen molar-refractivity contribution in [3.8, 4) is 0 Å². The van der Waals surface area contributed by atoms with Gasteiger partial charge in [-0.25, -0.2) is 13.1 Å². The van der Waals surface area contributed by atoms with E-state index in [0.29, 0.717) is 24.5 Å². The molecule has 0 saturated heterocycles. The Morgan fingerprint density at radius 3 is 2.61 bits per heavy atom. The molecule has 18 heavy (non-hydrogen) atoms. The van der Waals surface area contributed by atoms with Gasteiger partial charge < -0.3 is 10.2 Å². The maximum Gasteiger partial charge on any atom is 0.242 e. The molecule has 0 radical (unpaired) electrons. The highest BCUT2D eigenvalue weighted by atomic mass is 32.2. The number of likely N-dealkylation sites (N-methyl/N-ethyl adjacent to an activating group) is 1. The van der Waals surface area contributed by atoms with Gasteiger partial charge in [-0.3, -0.25) is 0 Å². The van der Waals surface area contributed by atoms with Crippen LogP contribution in [0.25, 0.3) is 0 Å². The molecule has 5 nitrogen and oxygen atoms in total. The molecule has 7 heteroatoms. The standard InChI is InChI=1S/C11H21N3O2S2/c1-9-8-17-10(7-12-2)11(9)18(15,16)13-5-6-14(3)4/h8,12-13H,5-7H2,1-4H3. The quantitative estimate of drug-likeness (QED) is 0.773. The second-order valence-electron chi connectivity index (χ2n) is 4.40.